The molecule has 2 aromatic rings. The highest BCUT2D eigenvalue weighted by atomic mass is 32.1. The quantitative estimate of drug-likeness (QED) is 0.840. The molecule has 24 heavy (non-hydrogen) atoms. The van der Waals surface area contributed by atoms with Gasteiger partial charge in [0.15, 0.2) is 0 Å². The number of carbonyl (C=O) groups is 2. The van der Waals surface area contributed by atoms with Crippen molar-refractivity contribution in [1.29, 1.82) is 0 Å². The molecule has 3 N–H and O–H groups in total. The zero-order chi connectivity index (χ0) is 17.1. The largest absolute Gasteiger partial charge is 0.368 e. The van der Waals surface area contributed by atoms with Gasteiger partial charge >= 0.3 is 0 Å². The van der Waals surface area contributed by atoms with Crippen LogP contribution in [0.25, 0.3) is 10.2 Å². The van der Waals surface area contributed by atoms with E-state index in [0.717, 1.165) is 35.4 Å². The van der Waals surface area contributed by atoms with E-state index in [9.17, 15) is 14.0 Å². The predicted octanol–water partition coefficient (Wildman–Crippen LogP) is 2.53. The molecule has 128 valence electrons. The molecule has 1 unspecified atom stereocenters. The second-order valence-electron chi connectivity index (χ2n) is 6.21. The second-order valence-corrected chi connectivity index (χ2v) is 7.33. The van der Waals surface area contributed by atoms with Crippen LogP contribution < -0.4 is 11.1 Å². The molecule has 1 atom stereocenters. The summed E-state index contributed by atoms with van der Waals surface area (Å²) in [6, 6.07) is 3.90. The van der Waals surface area contributed by atoms with Crippen molar-refractivity contribution in [3.05, 3.63) is 29.0 Å². The molecule has 0 aliphatic heterocycles. The number of fused-ring (bicyclic) bond motifs is 1. The van der Waals surface area contributed by atoms with Crippen molar-refractivity contribution in [2.45, 2.75) is 44.6 Å². The molecular formula is C17H20FN3O2S. The van der Waals surface area contributed by atoms with Gasteiger partial charge in [-0.25, -0.2) is 9.37 Å². The van der Waals surface area contributed by atoms with Crippen molar-refractivity contribution in [2.75, 3.05) is 0 Å². The van der Waals surface area contributed by atoms with Gasteiger partial charge in [-0.05, 0) is 30.9 Å². The van der Waals surface area contributed by atoms with Crippen LogP contribution in [-0.2, 0) is 16.0 Å². The Morgan fingerprint density at radius 3 is 2.83 bits per heavy atom. The van der Waals surface area contributed by atoms with Gasteiger partial charge in [0.1, 0.15) is 11.9 Å². The van der Waals surface area contributed by atoms with Crippen LogP contribution in [0.15, 0.2) is 18.2 Å². The fourth-order valence-electron chi connectivity index (χ4n) is 3.23. The minimum absolute atomic E-state index is 0.150. The van der Waals surface area contributed by atoms with Gasteiger partial charge in [-0.3, -0.25) is 9.59 Å². The lowest BCUT2D eigenvalue weighted by Crippen LogP contribution is -2.48. The number of amides is 2. The zero-order valence-corrected chi connectivity index (χ0v) is 14.1. The third kappa shape index (κ3) is 3.90. The summed E-state index contributed by atoms with van der Waals surface area (Å²) in [5.74, 6) is -0.836. The van der Waals surface area contributed by atoms with Gasteiger partial charge in [0.2, 0.25) is 11.8 Å². The lowest BCUT2D eigenvalue weighted by molar-refractivity contribution is -0.128. The molecule has 1 fully saturated rings. The highest BCUT2D eigenvalue weighted by molar-refractivity contribution is 7.18. The predicted molar refractivity (Wildman–Crippen MR) is 91.0 cm³/mol. The van der Waals surface area contributed by atoms with Gasteiger partial charge in [-0.2, -0.15) is 0 Å². The van der Waals surface area contributed by atoms with E-state index in [0.29, 0.717) is 11.9 Å². The Balaban J connectivity index is 1.58. The molecule has 1 aromatic heterocycles. The number of aryl methyl sites for hydroxylation is 1. The van der Waals surface area contributed by atoms with Crippen LogP contribution in [0.4, 0.5) is 4.39 Å². The number of hydrogen-bond acceptors (Lipinski definition) is 4. The van der Waals surface area contributed by atoms with Gasteiger partial charge in [0.25, 0.3) is 0 Å². The number of hydrogen-bond donors (Lipinski definition) is 2. The lowest BCUT2D eigenvalue weighted by Gasteiger charge is -2.21. The maximum absolute atomic E-state index is 13.2. The summed E-state index contributed by atoms with van der Waals surface area (Å²) in [6.07, 6.45) is 4.70. The summed E-state index contributed by atoms with van der Waals surface area (Å²) in [5, 5.41) is 3.55. The first kappa shape index (κ1) is 16.8. The smallest absolute Gasteiger partial charge is 0.240 e. The molecule has 1 saturated carbocycles. The van der Waals surface area contributed by atoms with E-state index in [1.807, 2.05) is 0 Å². The molecule has 5 nitrogen and oxygen atoms in total. The molecule has 1 aliphatic rings. The van der Waals surface area contributed by atoms with Crippen molar-refractivity contribution < 1.29 is 14.0 Å². The minimum Gasteiger partial charge on any atom is -0.368 e. The third-order valence-electron chi connectivity index (χ3n) is 4.45. The summed E-state index contributed by atoms with van der Waals surface area (Å²) >= 11 is 1.45. The molecular weight excluding hydrogens is 329 g/mol. The highest BCUT2D eigenvalue weighted by Crippen LogP contribution is 2.28. The number of primary amides is 1. The average molecular weight is 349 g/mol. The average Bonchev–Trinajstić information content (AvgIpc) is 3.19. The molecule has 0 spiro atoms. The molecule has 0 radical (unpaired) electrons. The number of rotatable bonds is 6. The molecule has 1 aliphatic carbocycles. The Labute approximate surface area is 143 Å². The Hall–Kier alpha value is -2.02. The van der Waals surface area contributed by atoms with E-state index in [4.69, 9.17) is 5.73 Å². The van der Waals surface area contributed by atoms with E-state index in [1.165, 1.54) is 23.5 Å². The Morgan fingerprint density at radius 2 is 2.12 bits per heavy atom. The highest BCUT2D eigenvalue weighted by Gasteiger charge is 2.30. The van der Waals surface area contributed by atoms with Gasteiger partial charge in [-0.15, -0.1) is 11.3 Å². The number of aromatic nitrogens is 1. The molecule has 2 amide bonds. The summed E-state index contributed by atoms with van der Waals surface area (Å²) < 4.78 is 14.1. The third-order valence-corrected chi connectivity index (χ3v) is 5.55. The standard InChI is InChI=1S/C17H20FN3O2S/c18-11-5-6-13-12(9-11)20-15(24-13)8-7-14(22)21-16(17(19)23)10-3-1-2-4-10/h5-6,9-10,16H,1-4,7-8H2,(H2,19,23)(H,21,22). The number of nitrogens with zero attached hydrogens (tertiary/aromatic N) is 1. The summed E-state index contributed by atoms with van der Waals surface area (Å²) in [4.78, 5) is 28.1. The van der Waals surface area contributed by atoms with Gasteiger partial charge < -0.3 is 11.1 Å². The van der Waals surface area contributed by atoms with Crippen molar-refractivity contribution in [2.24, 2.45) is 11.7 Å². The van der Waals surface area contributed by atoms with Crippen LogP contribution in [0.3, 0.4) is 0 Å². The number of nitrogens with one attached hydrogen (secondary N) is 1. The van der Waals surface area contributed by atoms with E-state index in [2.05, 4.69) is 10.3 Å². The summed E-state index contributed by atoms with van der Waals surface area (Å²) in [7, 11) is 0. The number of benzene rings is 1. The summed E-state index contributed by atoms with van der Waals surface area (Å²) in [5.41, 5.74) is 6.05. The van der Waals surface area contributed by atoms with Crippen molar-refractivity contribution >= 4 is 33.4 Å². The fourth-order valence-corrected chi connectivity index (χ4v) is 4.18. The van der Waals surface area contributed by atoms with Gasteiger partial charge in [0, 0.05) is 18.9 Å². The van der Waals surface area contributed by atoms with E-state index >= 15 is 0 Å². The van der Waals surface area contributed by atoms with Crippen LogP contribution in [0.2, 0.25) is 0 Å². The van der Waals surface area contributed by atoms with Crippen LogP contribution in [0.1, 0.15) is 37.1 Å². The summed E-state index contributed by atoms with van der Waals surface area (Å²) in [6.45, 7) is 0. The van der Waals surface area contributed by atoms with E-state index < -0.39 is 11.9 Å². The maximum Gasteiger partial charge on any atom is 0.240 e. The monoisotopic (exact) mass is 349 g/mol. The molecule has 3 rings (SSSR count). The minimum atomic E-state index is -0.579. The number of nitrogens with two attached hydrogens (primary N) is 1. The zero-order valence-electron chi connectivity index (χ0n) is 13.3. The molecule has 0 saturated heterocycles. The normalized spacial score (nSPS) is 16.4. The SMILES string of the molecule is NC(=O)C(NC(=O)CCc1nc2cc(F)ccc2s1)C1CCCC1. The topological polar surface area (TPSA) is 85.1 Å². The van der Waals surface area contributed by atoms with Crippen LogP contribution >= 0.6 is 11.3 Å². The Bertz CT molecular complexity index is 755. The number of halogens is 1. The van der Waals surface area contributed by atoms with Crippen LogP contribution in [0, 0.1) is 11.7 Å². The van der Waals surface area contributed by atoms with Crippen molar-refractivity contribution in [3.8, 4) is 0 Å². The Kier molecular flexibility index (Phi) is 5.08. The fraction of sp³-hybridized carbons (Fsp3) is 0.471. The molecule has 0 bridgehead atoms. The first-order chi connectivity index (χ1) is 11.5. The molecule has 1 heterocycles. The molecule has 7 heteroatoms. The van der Waals surface area contributed by atoms with Crippen molar-refractivity contribution in [1.82, 2.24) is 10.3 Å². The first-order valence-electron chi connectivity index (χ1n) is 8.16. The number of thiazole rings is 1. The molecule has 1 aromatic carbocycles. The van der Waals surface area contributed by atoms with Gasteiger partial charge in [-0.1, -0.05) is 12.8 Å². The van der Waals surface area contributed by atoms with E-state index in [-0.39, 0.29) is 24.1 Å². The first-order valence-corrected chi connectivity index (χ1v) is 8.98. The lowest BCUT2D eigenvalue weighted by atomic mass is 9.97. The van der Waals surface area contributed by atoms with E-state index in [1.54, 1.807) is 6.07 Å². The van der Waals surface area contributed by atoms with Crippen LogP contribution in [0.5, 0.6) is 0 Å². The number of carbonyl (C=O) groups excluding carboxylic acids is 2. The van der Waals surface area contributed by atoms with Gasteiger partial charge in [0.05, 0.1) is 15.2 Å². The van der Waals surface area contributed by atoms with Crippen molar-refractivity contribution in [3.63, 3.8) is 0 Å². The van der Waals surface area contributed by atoms with Crippen LogP contribution in [-0.4, -0.2) is 22.8 Å². The second kappa shape index (κ2) is 7.25. The Morgan fingerprint density at radius 1 is 1.38 bits per heavy atom. The maximum atomic E-state index is 13.2.